The standard InChI is InChI=1S/C20H11F2N7O/c21-13-3-1-2-12(17(13)22)9-28-18-15(26-20(28)30)8-24-19(27-18)29-10-25-14-6-11(7-23)4-5-16(14)29/h1-6,8,10H,9H2,(H,26,30). The van der Waals surface area contributed by atoms with Gasteiger partial charge in [0.1, 0.15) is 11.8 Å². The van der Waals surface area contributed by atoms with Gasteiger partial charge in [0, 0.05) is 5.56 Å². The highest BCUT2D eigenvalue weighted by Gasteiger charge is 2.16. The van der Waals surface area contributed by atoms with Gasteiger partial charge in [-0.2, -0.15) is 10.2 Å². The molecule has 3 heterocycles. The van der Waals surface area contributed by atoms with Crippen LogP contribution in [0.2, 0.25) is 0 Å². The van der Waals surface area contributed by atoms with Crippen LogP contribution in [-0.4, -0.2) is 29.1 Å². The summed E-state index contributed by atoms with van der Waals surface area (Å²) in [5, 5.41) is 9.03. The van der Waals surface area contributed by atoms with Gasteiger partial charge in [-0.25, -0.2) is 23.5 Å². The minimum Gasteiger partial charge on any atom is -0.303 e. The fourth-order valence-electron chi connectivity index (χ4n) is 3.28. The summed E-state index contributed by atoms with van der Waals surface area (Å²) in [6.45, 7) is -0.199. The Bertz CT molecular complexity index is 1540. The van der Waals surface area contributed by atoms with E-state index in [-0.39, 0.29) is 23.7 Å². The normalized spacial score (nSPS) is 11.2. The Hall–Kier alpha value is -4.39. The van der Waals surface area contributed by atoms with Crippen molar-refractivity contribution in [2.75, 3.05) is 0 Å². The number of H-pyrrole nitrogens is 1. The van der Waals surface area contributed by atoms with E-state index in [0.717, 1.165) is 6.07 Å². The van der Waals surface area contributed by atoms with Crippen LogP contribution in [0.1, 0.15) is 11.1 Å². The molecule has 0 unspecified atom stereocenters. The van der Waals surface area contributed by atoms with E-state index in [0.29, 0.717) is 22.1 Å². The molecule has 0 saturated heterocycles. The average Bonchev–Trinajstić information content (AvgIpc) is 3.31. The third-order valence-corrected chi connectivity index (χ3v) is 4.75. The van der Waals surface area contributed by atoms with Crippen molar-refractivity contribution in [2.24, 2.45) is 0 Å². The van der Waals surface area contributed by atoms with E-state index >= 15 is 0 Å². The molecule has 1 N–H and O–H groups in total. The minimum atomic E-state index is -1.01. The third kappa shape index (κ3) is 2.72. The molecule has 0 saturated carbocycles. The zero-order valence-corrected chi connectivity index (χ0v) is 15.2. The number of nitriles is 1. The molecule has 10 heteroatoms. The number of aromatic amines is 1. The van der Waals surface area contributed by atoms with E-state index in [1.165, 1.54) is 29.2 Å². The Balaban J connectivity index is 1.65. The molecule has 0 aliphatic carbocycles. The Morgan fingerprint density at radius 3 is 2.87 bits per heavy atom. The number of hydrogen-bond donors (Lipinski definition) is 1. The molecule has 0 aliphatic heterocycles. The fourth-order valence-corrected chi connectivity index (χ4v) is 3.28. The smallest absolute Gasteiger partial charge is 0.303 e. The molecule has 0 amide bonds. The van der Waals surface area contributed by atoms with Crippen LogP contribution >= 0.6 is 0 Å². The highest BCUT2D eigenvalue weighted by atomic mass is 19.2. The zero-order valence-electron chi connectivity index (χ0n) is 15.2. The van der Waals surface area contributed by atoms with Gasteiger partial charge in [-0.3, -0.25) is 9.13 Å². The summed E-state index contributed by atoms with van der Waals surface area (Å²) in [6.07, 6.45) is 2.95. The highest BCUT2D eigenvalue weighted by molar-refractivity contribution is 5.79. The van der Waals surface area contributed by atoms with Gasteiger partial charge in [-0.05, 0) is 24.3 Å². The van der Waals surface area contributed by atoms with E-state index in [4.69, 9.17) is 5.26 Å². The number of nitrogens with one attached hydrogen (secondary N) is 1. The molecule has 3 aromatic heterocycles. The van der Waals surface area contributed by atoms with Gasteiger partial charge in [0.15, 0.2) is 17.3 Å². The second-order valence-corrected chi connectivity index (χ2v) is 6.57. The molecule has 5 rings (SSSR count). The largest absolute Gasteiger partial charge is 0.328 e. The van der Waals surface area contributed by atoms with Crippen LogP contribution in [0.25, 0.3) is 28.1 Å². The van der Waals surface area contributed by atoms with Crippen molar-refractivity contribution >= 4 is 22.2 Å². The van der Waals surface area contributed by atoms with Crippen LogP contribution in [-0.2, 0) is 6.54 Å². The van der Waals surface area contributed by atoms with Gasteiger partial charge >= 0.3 is 5.69 Å². The van der Waals surface area contributed by atoms with Crippen LogP contribution in [0.15, 0.2) is 53.7 Å². The van der Waals surface area contributed by atoms with Crippen LogP contribution in [0, 0.1) is 23.0 Å². The molecule has 0 fully saturated rings. The van der Waals surface area contributed by atoms with E-state index in [9.17, 15) is 13.6 Å². The molecule has 146 valence electrons. The first kappa shape index (κ1) is 17.7. The second-order valence-electron chi connectivity index (χ2n) is 6.57. The van der Waals surface area contributed by atoms with E-state index < -0.39 is 17.3 Å². The Morgan fingerprint density at radius 2 is 2.03 bits per heavy atom. The molecule has 2 aromatic carbocycles. The van der Waals surface area contributed by atoms with Gasteiger partial charge in [-0.1, -0.05) is 12.1 Å². The first-order valence-corrected chi connectivity index (χ1v) is 8.81. The van der Waals surface area contributed by atoms with Crippen molar-refractivity contribution < 1.29 is 8.78 Å². The number of aromatic nitrogens is 6. The van der Waals surface area contributed by atoms with Crippen molar-refractivity contribution in [1.29, 1.82) is 5.26 Å². The summed E-state index contributed by atoms with van der Waals surface area (Å²) in [7, 11) is 0. The first-order valence-electron chi connectivity index (χ1n) is 8.81. The summed E-state index contributed by atoms with van der Waals surface area (Å²) >= 11 is 0. The van der Waals surface area contributed by atoms with Gasteiger partial charge in [-0.15, -0.1) is 0 Å². The minimum absolute atomic E-state index is 0.0234. The molecule has 30 heavy (non-hydrogen) atoms. The monoisotopic (exact) mass is 403 g/mol. The van der Waals surface area contributed by atoms with Crippen molar-refractivity contribution in [2.45, 2.75) is 6.54 Å². The molecular weight excluding hydrogens is 392 g/mol. The molecule has 5 aromatic rings. The van der Waals surface area contributed by atoms with Crippen molar-refractivity contribution in [3.05, 3.63) is 82.2 Å². The van der Waals surface area contributed by atoms with Crippen molar-refractivity contribution in [3.8, 4) is 12.0 Å². The van der Waals surface area contributed by atoms with Gasteiger partial charge in [0.25, 0.3) is 0 Å². The fraction of sp³-hybridized carbons (Fsp3) is 0.0500. The maximum absolute atomic E-state index is 14.1. The third-order valence-electron chi connectivity index (χ3n) is 4.75. The highest BCUT2D eigenvalue weighted by Crippen LogP contribution is 2.19. The quantitative estimate of drug-likeness (QED) is 0.499. The number of fused-ring (bicyclic) bond motifs is 2. The van der Waals surface area contributed by atoms with Gasteiger partial charge < -0.3 is 4.98 Å². The van der Waals surface area contributed by atoms with E-state index in [2.05, 4.69) is 26.0 Å². The molecule has 0 aliphatic rings. The summed E-state index contributed by atoms with van der Waals surface area (Å²) in [5.41, 5.74) is 1.84. The lowest BCUT2D eigenvalue weighted by atomic mass is 10.2. The van der Waals surface area contributed by atoms with Crippen molar-refractivity contribution in [3.63, 3.8) is 0 Å². The number of nitrogens with zero attached hydrogens (tertiary/aromatic N) is 6. The number of halogens is 2. The SMILES string of the molecule is N#Cc1ccc2c(c1)ncn2-c1ncc2[nH]c(=O)n(Cc3cccc(F)c3F)c2n1. The Kier molecular flexibility index (Phi) is 3.89. The Labute approximate surface area is 166 Å². The molecule has 0 radical (unpaired) electrons. The van der Waals surface area contributed by atoms with Crippen LogP contribution in [0.4, 0.5) is 8.78 Å². The number of rotatable bonds is 3. The zero-order chi connectivity index (χ0) is 20.8. The maximum Gasteiger partial charge on any atom is 0.328 e. The summed E-state index contributed by atoms with van der Waals surface area (Å²) in [6, 6.07) is 10.9. The number of imidazole rings is 2. The molecule has 0 bridgehead atoms. The summed E-state index contributed by atoms with van der Waals surface area (Å²) in [4.78, 5) is 28.0. The lowest BCUT2D eigenvalue weighted by molar-refractivity contribution is 0.495. The second kappa shape index (κ2) is 6.59. The predicted molar refractivity (Wildman–Crippen MR) is 103 cm³/mol. The predicted octanol–water partition coefficient (Wildman–Crippen LogP) is 2.66. The van der Waals surface area contributed by atoms with Crippen LogP contribution in [0.5, 0.6) is 0 Å². The summed E-state index contributed by atoms with van der Waals surface area (Å²) in [5.74, 6) is -1.76. The van der Waals surface area contributed by atoms with Crippen LogP contribution < -0.4 is 5.69 Å². The Morgan fingerprint density at radius 1 is 1.17 bits per heavy atom. The maximum atomic E-state index is 14.1. The summed E-state index contributed by atoms with van der Waals surface area (Å²) < 4.78 is 30.5. The topological polar surface area (TPSA) is 105 Å². The van der Waals surface area contributed by atoms with E-state index in [1.807, 2.05) is 0 Å². The molecule has 8 nitrogen and oxygen atoms in total. The van der Waals surface area contributed by atoms with Crippen LogP contribution in [0.3, 0.4) is 0 Å². The van der Waals surface area contributed by atoms with Gasteiger partial charge in [0.2, 0.25) is 5.95 Å². The lowest BCUT2D eigenvalue weighted by Gasteiger charge is -2.07. The number of benzene rings is 2. The molecular formula is C20H11F2N7O. The first-order chi connectivity index (χ1) is 14.5. The van der Waals surface area contributed by atoms with Crippen molar-refractivity contribution in [1.82, 2.24) is 29.1 Å². The molecule has 0 spiro atoms. The lowest BCUT2D eigenvalue weighted by Crippen LogP contribution is -2.18. The van der Waals surface area contributed by atoms with E-state index in [1.54, 1.807) is 22.8 Å². The average molecular weight is 403 g/mol. The van der Waals surface area contributed by atoms with Gasteiger partial charge in [0.05, 0.1) is 35.4 Å². The molecule has 0 atom stereocenters. The number of hydrogen-bond acceptors (Lipinski definition) is 5.